The molecule has 1 fully saturated rings. The second-order valence-electron chi connectivity index (χ2n) is 8.69. The highest BCUT2D eigenvalue weighted by atomic mass is 35.5. The Labute approximate surface area is 217 Å². The Hall–Kier alpha value is -1.59. The molecule has 3 aromatic carbocycles. The SMILES string of the molecule is CCCN1CCC(c2ccc(Cl)cc2)C(OCc2ccc(Cl)c(Cl)c2)C1OCc1ccccc1. The number of benzene rings is 3. The van der Waals surface area contributed by atoms with Crippen LogP contribution in [0.2, 0.25) is 15.1 Å². The first kappa shape index (κ1) is 25.5. The molecule has 3 nitrogen and oxygen atoms in total. The van der Waals surface area contributed by atoms with Crippen molar-refractivity contribution in [1.29, 1.82) is 0 Å². The molecule has 34 heavy (non-hydrogen) atoms. The van der Waals surface area contributed by atoms with Crippen molar-refractivity contribution in [3.8, 4) is 0 Å². The number of ether oxygens (including phenoxy) is 2. The number of hydrogen-bond acceptors (Lipinski definition) is 3. The summed E-state index contributed by atoms with van der Waals surface area (Å²) in [5.41, 5.74) is 3.35. The van der Waals surface area contributed by atoms with Crippen LogP contribution >= 0.6 is 34.8 Å². The number of piperidine rings is 1. The van der Waals surface area contributed by atoms with Crippen molar-refractivity contribution in [3.63, 3.8) is 0 Å². The Morgan fingerprint density at radius 3 is 2.26 bits per heavy atom. The topological polar surface area (TPSA) is 21.7 Å². The van der Waals surface area contributed by atoms with Crippen LogP contribution in [-0.2, 0) is 22.7 Å². The molecule has 1 saturated heterocycles. The summed E-state index contributed by atoms with van der Waals surface area (Å²) in [4.78, 5) is 2.41. The third-order valence-electron chi connectivity index (χ3n) is 6.26. The molecule has 3 atom stereocenters. The minimum absolute atomic E-state index is 0.153. The molecule has 180 valence electrons. The molecule has 0 aliphatic carbocycles. The van der Waals surface area contributed by atoms with Gasteiger partial charge >= 0.3 is 0 Å². The summed E-state index contributed by atoms with van der Waals surface area (Å²) in [6.07, 6.45) is 1.71. The fourth-order valence-electron chi connectivity index (χ4n) is 4.57. The molecule has 4 rings (SSSR count). The summed E-state index contributed by atoms with van der Waals surface area (Å²) < 4.78 is 13.2. The highest BCUT2D eigenvalue weighted by Gasteiger charge is 2.40. The number of halogens is 3. The maximum absolute atomic E-state index is 6.64. The molecule has 1 aliphatic rings. The second-order valence-corrected chi connectivity index (χ2v) is 9.94. The van der Waals surface area contributed by atoms with E-state index in [0.717, 1.165) is 42.1 Å². The first-order valence-corrected chi connectivity index (χ1v) is 12.9. The third kappa shape index (κ3) is 6.54. The van der Waals surface area contributed by atoms with Crippen LogP contribution in [0.5, 0.6) is 0 Å². The van der Waals surface area contributed by atoms with Gasteiger partial charge in [-0.25, -0.2) is 0 Å². The molecular weight excluding hydrogens is 489 g/mol. The Morgan fingerprint density at radius 1 is 0.824 bits per heavy atom. The maximum Gasteiger partial charge on any atom is 0.138 e. The van der Waals surface area contributed by atoms with Gasteiger partial charge in [0.05, 0.1) is 23.3 Å². The van der Waals surface area contributed by atoms with Crippen LogP contribution in [0.3, 0.4) is 0 Å². The Balaban J connectivity index is 1.60. The molecule has 0 amide bonds. The van der Waals surface area contributed by atoms with E-state index in [9.17, 15) is 0 Å². The Bertz CT molecular complexity index is 1050. The van der Waals surface area contributed by atoms with Gasteiger partial charge in [0.2, 0.25) is 0 Å². The van der Waals surface area contributed by atoms with E-state index in [1.807, 2.05) is 48.5 Å². The summed E-state index contributed by atoms with van der Waals surface area (Å²) in [7, 11) is 0. The lowest BCUT2D eigenvalue weighted by Gasteiger charge is -2.45. The van der Waals surface area contributed by atoms with Crippen LogP contribution in [0.4, 0.5) is 0 Å². The average molecular weight is 519 g/mol. The maximum atomic E-state index is 6.64. The molecule has 3 aromatic rings. The quantitative estimate of drug-likeness (QED) is 0.287. The highest BCUT2D eigenvalue weighted by molar-refractivity contribution is 6.42. The molecule has 0 N–H and O–H groups in total. The van der Waals surface area contributed by atoms with Gasteiger partial charge < -0.3 is 9.47 Å². The van der Waals surface area contributed by atoms with Crippen LogP contribution in [0.1, 0.15) is 42.4 Å². The lowest BCUT2D eigenvalue weighted by atomic mass is 9.85. The van der Waals surface area contributed by atoms with Gasteiger partial charge in [0.15, 0.2) is 0 Å². The molecule has 0 spiro atoms. The van der Waals surface area contributed by atoms with E-state index >= 15 is 0 Å². The molecule has 0 aromatic heterocycles. The van der Waals surface area contributed by atoms with E-state index in [1.165, 1.54) is 5.56 Å². The largest absolute Gasteiger partial charge is 0.369 e. The zero-order valence-electron chi connectivity index (χ0n) is 19.3. The molecule has 0 radical (unpaired) electrons. The van der Waals surface area contributed by atoms with Crippen LogP contribution in [0.15, 0.2) is 72.8 Å². The van der Waals surface area contributed by atoms with Crippen LogP contribution < -0.4 is 0 Å². The third-order valence-corrected chi connectivity index (χ3v) is 7.25. The average Bonchev–Trinajstić information content (AvgIpc) is 2.85. The van der Waals surface area contributed by atoms with Crippen molar-refractivity contribution in [2.75, 3.05) is 13.1 Å². The van der Waals surface area contributed by atoms with Gasteiger partial charge in [0, 0.05) is 24.0 Å². The van der Waals surface area contributed by atoms with Crippen LogP contribution in [0, 0.1) is 0 Å². The molecule has 0 saturated carbocycles. The lowest BCUT2D eigenvalue weighted by molar-refractivity contribution is -0.181. The van der Waals surface area contributed by atoms with Crippen molar-refractivity contribution in [2.45, 2.75) is 51.2 Å². The summed E-state index contributed by atoms with van der Waals surface area (Å²) in [5, 5.41) is 1.81. The van der Waals surface area contributed by atoms with Gasteiger partial charge in [-0.1, -0.05) is 90.3 Å². The van der Waals surface area contributed by atoms with Gasteiger partial charge in [-0.15, -0.1) is 0 Å². The minimum atomic E-state index is -0.169. The summed E-state index contributed by atoms with van der Waals surface area (Å²) in [6.45, 7) is 5.07. The summed E-state index contributed by atoms with van der Waals surface area (Å²) in [5.74, 6) is 0.189. The molecule has 1 heterocycles. The van der Waals surface area contributed by atoms with Gasteiger partial charge in [0.25, 0.3) is 0 Å². The van der Waals surface area contributed by atoms with E-state index in [1.54, 1.807) is 0 Å². The monoisotopic (exact) mass is 517 g/mol. The van der Waals surface area contributed by atoms with Gasteiger partial charge in [-0.3, -0.25) is 4.90 Å². The molecule has 6 heteroatoms. The predicted molar refractivity (Wildman–Crippen MR) is 141 cm³/mol. The molecule has 0 bridgehead atoms. The molecule has 1 aliphatic heterocycles. The minimum Gasteiger partial charge on any atom is -0.369 e. The van der Waals surface area contributed by atoms with Crippen LogP contribution in [0.25, 0.3) is 0 Å². The smallest absolute Gasteiger partial charge is 0.138 e. The van der Waals surface area contributed by atoms with Gasteiger partial charge in [-0.2, -0.15) is 0 Å². The van der Waals surface area contributed by atoms with E-state index in [4.69, 9.17) is 44.3 Å². The zero-order valence-corrected chi connectivity index (χ0v) is 21.6. The number of rotatable bonds is 9. The number of hydrogen-bond donors (Lipinski definition) is 0. The zero-order chi connectivity index (χ0) is 23.9. The Kier molecular flexibility index (Phi) is 9.30. The van der Waals surface area contributed by atoms with Crippen molar-refractivity contribution in [1.82, 2.24) is 4.90 Å². The van der Waals surface area contributed by atoms with Crippen LogP contribution in [-0.4, -0.2) is 30.3 Å². The van der Waals surface area contributed by atoms with Gasteiger partial charge in [0.1, 0.15) is 12.3 Å². The van der Waals surface area contributed by atoms with Crippen molar-refractivity contribution >= 4 is 34.8 Å². The molecular formula is C28H30Cl3NO2. The van der Waals surface area contributed by atoms with E-state index < -0.39 is 0 Å². The predicted octanol–water partition coefficient (Wildman–Crippen LogP) is 7.97. The number of likely N-dealkylation sites (tertiary alicyclic amines) is 1. The Morgan fingerprint density at radius 2 is 1.56 bits per heavy atom. The fraction of sp³-hybridized carbons (Fsp3) is 0.357. The van der Waals surface area contributed by atoms with Crippen molar-refractivity contribution in [3.05, 3.63) is 105 Å². The normalized spacial score (nSPS) is 21.0. The summed E-state index contributed by atoms with van der Waals surface area (Å²) >= 11 is 18.5. The van der Waals surface area contributed by atoms with E-state index in [-0.39, 0.29) is 18.2 Å². The fourth-order valence-corrected chi connectivity index (χ4v) is 5.02. The van der Waals surface area contributed by atoms with Crippen molar-refractivity contribution in [2.24, 2.45) is 0 Å². The molecule has 3 unspecified atom stereocenters. The first-order valence-electron chi connectivity index (χ1n) is 11.8. The van der Waals surface area contributed by atoms with E-state index in [0.29, 0.717) is 23.3 Å². The first-order chi connectivity index (χ1) is 16.5. The van der Waals surface area contributed by atoms with Crippen molar-refractivity contribution < 1.29 is 9.47 Å². The highest BCUT2D eigenvalue weighted by Crippen LogP contribution is 2.36. The lowest BCUT2D eigenvalue weighted by Crippen LogP contribution is -2.54. The summed E-state index contributed by atoms with van der Waals surface area (Å²) in [6, 6.07) is 24.0. The van der Waals surface area contributed by atoms with E-state index in [2.05, 4.69) is 36.1 Å². The second kappa shape index (κ2) is 12.4. The van der Waals surface area contributed by atoms with Gasteiger partial charge in [-0.05, 0) is 53.8 Å². The number of nitrogens with zero attached hydrogens (tertiary/aromatic N) is 1. The standard InChI is InChI=1S/C28H30Cl3NO2/c1-2-15-32-16-14-24(22-9-11-23(29)12-10-22)27(28(32)34-18-20-6-4-3-5-7-20)33-19-21-8-13-25(30)26(31)17-21/h3-13,17,24,27-28H,2,14-16,18-19H2,1H3.